The first kappa shape index (κ1) is 14.3. The van der Waals surface area contributed by atoms with Gasteiger partial charge in [-0.05, 0) is 31.4 Å². The maximum atomic E-state index is 12.7. The molecule has 114 valence electrons. The molecule has 2 aliphatic heterocycles. The minimum absolute atomic E-state index is 0.125. The Morgan fingerprint density at radius 3 is 2.95 bits per heavy atom. The van der Waals surface area contributed by atoms with Crippen molar-refractivity contribution < 1.29 is 4.79 Å². The number of pyridine rings is 1. The van der Waals surface area contributed by atoms with Gasteiger partial charge < -0.3 is 15.1 Å². The summed E-state index contributed by atoms with van der Waals surface area (Å²) < 4.78 is 0. The highest BCUT2D eigenvalue weighted by Gasteiger charge is 2.25. The zero-order chi connectivity index (χ0) is 14.8. The smallest absolute Gasteiger partial charge is 0.254 e. The molecule has 21 heavy (non-hydrogen) atoms. The fraction of sp³-hybridized carbons (Fsp3) is 0.625. The first-order chi connectivity index (χ1) is 10.1. The molecule has 1 amide bonds. The van der Waals surface area contributed by atoms with Crippen molar-refractivity contribution in [2.24, 2.45) is 5.92 Å². The lowest BCUT2D eigenvalue weighted by atomic mass is 10.1. The molecule has 2 atom stereocenters. The van der Waals surface area contributed by atoms with E-state index in [1.165, 1.54) is 6.42 Å². The van der Waals surface area contributed by atoms with E-state index in [0.717, 1.165) is 44.1 Å². The first-order valence-corrected chi connectivity index (χ1v) is 7.88. The summed E-state index contributed by atoms with van der Waals surface area (Å²) in [6.45, 7) is 8.94. The van der Waals surface area contributed by atoms with Crippen molar-refractivity contribution in [3.8, 4) is 0 Å². The number of piperazine rings is 1. The highest BCUT2D eigenvalue weighted by molar-refractivity contribution is 5.95. The zero-order valence-corrected chi connectivity index (χ0v) is 12.9. The van der Waals surface area contributed by atoms with Crippen LogP contribution in [0.2, 0.25) is 0 Å². The maximum Gasteiger partial charge on any atom is 0.254 e. The van der Waals surface area contributed by atoms with Crippen LogP contribution in [0.1, 0.15) is 30.6 Å². The fourth-order valence-electron chi connectivity index (χ4n) is 3.18. The lowest BCUT2D eigenvalue weighted by Gasteiger charge is -2.34. The topological polar surface area (TPSA) is 48.5 Å². The van der Waals surface area contributed by atoms with Crippen molar-refractivity contribution >= 4 is 11.7 Å². The van der Waals surface area contributed by atoms with Crippen molar-refractivity contribution in [3.05, 3.63) is 23.9 Å². The summed E-state index contributed by atoms with van der Waals surface area (Å²) in [5.74, 6) is 1.77. The molecule has 1 aromatic rings. The summed E-state index contributed by atoms with van der Waals surface area (Å²) in [7, 11) is 0. The quantitative estimate of drug-likeness (QED) is 0.893. The van der Waals surface area contributed by atoms with Gasteiger partial charge in [0.05, 0.1) is 0 Å². The predicted octanol–water partition coefficient (Wildman–Crippen LogP) is 1.36. The number of carbonyl (C=O) groups is 1. The van der Waals surface area contributed by atoms with Crippen molar-refractivity contribution in [2.75, 3.05) is 37.6 Å². The van der Waals surface area contributed by atoms with Gasteiger partial charge in [-0.3, -0.25) is 4.79 Å². The molecule has 2 aliphatic rings. The number of nitrogens with zero attached hydrogens (tertiary/aromatic N) is 3. The Morgan fingerprint density at radius 1 is 1.38 bits per heavy atom. The molecule has 3 heterocycles. The molecule has 1 unspecified atom stereocenters. The van der Waals surface area contributed by atoms with Gasteiger partial charge in [0.2, 0.25) is 0 Å². The third-order valence-electron chi connectivity index (χ3n) is 4.50. The number of hydrogen-bond donors (Lipinski definition) is 1. The number of nitrogens with one attached hydrogen (secondary N) is 1. The van der Waals surface area contributed by atoms with Gasteiger partial charge in [-0.2, -0.15) is 0 Å². The molecule has 0 radical (unpaired) electrons. The molecule has 0 aromatic carbocycles. The monoisotopic (exact) mass is 288 g/mol. The Labute approximate surface area is 126 Å². The number of aromatic nitrogens is 1. The second-order valence-corrected chi connectivity index (χ2v) is 6.29. The van der Waals surface area contributed by atoms with E-state index in [1.807, 2.05) is 17.0 Å². The van der Waals surface area contributed by atoms with E-state index in [9.17, 15) is 4.79 Å². The Balaban J connectivity index is 1.77. The predicted molar refractivity (Wildman–Crippen MR) is 83.6 cm³/mol. The largest absolute Gasteiger partial charge is 0.356 e. The van der Waals surface area contributed by atoms with Gasteiger partial charge in [-0.25, -0.2) is 4.98 Å². The second kappa shape index (κ2) is 6.02. The summed E-state index contributed by atoms with van der Waals surface area (Å²) in [5.41, 5.74) is 0.758. The van der Waals surface area contributed by atoms with Gasteiger partial charge in [-0.15, -0.1) is 0 Å². The molecule has 2 fully saturated rings. The van der Waals surface area contributed by atoms with Gasteiger partial charge in [-0.1, -0.05) is 6.92 Å². The van der Waals surface area contributed by atoms with Crippen LogP contribution in [-0.4, -0.2) is 54.6 Å². The first-order valence-electron chi connectivity index (χ1n) is 7.88. The molecule has 5 nitrogen and oxygen atoms in total. The van der Waals surface area contributed by atoms with E-state index >= 15 is 0 Å². The van der Waals surface area contributed by atoms with Crippen LogP contribution in [0.5, 0.6) is 0 Å². The van der Waals surface area contributed by atoms with Gasteiger partial charge in [0.1, 0.15) is 5.82 Å². The third kappa shape index (κ3) is 3.02. The van der Waals surface area contributed by atoms with Crippen LogP contribution in [0, 0.1) is 5.92 Å². The average Bonchev–Trinajstić information content (AvgIpc) is 2.94. The van der Waals surface area contributed by atoms with E-state index in [0.29, 0.717) is 5.92 Å². The summed E-state index contributed by atoms with van der Waals surface area (Å²) in [4.78, 5) is 21.4. The minimum Gasteiger partial charge on any atom is -0.356 e. The zero-order valence-electron chi connectivity index (χ0n) is 12.9. The molecular weight excluding hydrogens is 264 g/mol. The fourth-order valence-corrected chi connectivity index (χ4v) is 3.18. The normalized spacial score (nSPS) is 26.2. The molecule has 1 N–H and O–H groups in total. The molecule has 0 aliphatic carbocycles. The van der Waals surface area contributed by atoms with Crippen LogP contribution >= 0.6 is 0 Å². The Kier molecular flexibility index (Phi) is 4.10. The summed E-state index contributed by atoms with van der Waals surface area (Å²) >= 11 is 0. The van der Waals surface area contributed by atoms with E-state index in [-0.39, 0.29) is 11.9 Å². The van der Waals surface area contributed by atoms with Crippen LogP contribution < -0.4 is 10.2 Å². The van der Waals surface area contributed by atoms with Gasteiger partial charge >= 0.3 is 0 Å². The highest BCUT2D eigenvalue weighted by atomic mass is 16.2. The molecule has 1 aromatic heterocycles. The van der Waals surface area contributed by atoms with E-state index in [4.69, 9.17) is 0 Å². The van der Waals surface area contributed by atoms with Crippen LogP contribution in [0.15, 0.2) is 18.3 Å². The number of anilines is 1. The van der Waals surface area contributed by atoms with Gasteiger partial charge in [0.25, 0.3) is 5.91 Å². The van der Waals surface area contributed by atoms with Gasteiger partial charge in [0.15, 0.2) is 0 Å². The molecule has 2 saturated heterocycles. The van der Waals surface area contributed by atoms with Crippen LogP contribution in [0.25, 0.3) is 0 Å². The summed E-state index contributed by atoms with van der Waals surface area (Å²) in [6, 6.07) is 4.03. The average molecular weight is 288 g/mol. The standard InChI is InChI=1S/C16H24N4O/c1-12-4-7-19(11-12)15-9-14(3-5-18-15)16(21)20-8-6-17-10-13(20)2/h3,5,9,12-13,17H,4,6-8,10-11H2,1-2H3/t12?,13-/m1/s1. The highest BCUT2D eigenvalue weighted by Crippen LogP contribution is 2.23. The van der Waals surface area contributed by atoms with Crippen molar-refractivity contribution in [2.45, 2.75) is 26.3 Å². The maximum absolute atomic E-state index is 12.7. The Morgan fingerprint density at radius 2 is 2.24 bits per heavy atom. The summed E-state index contributed by atoms with van der Waals surface area (Å²) in [6.07, 6.45) is 2.97. The molecule has 3 rings (SSSR count). The van der Waals surface area contributed by atoms with E-state index in [1.54, 1.807) is 6.20 Å². The van der Waals surface area contributed by atoms with E-state index < -0.39 is 0 Å². The van der Waals surface area contributed by atoms with Crippen molar-refractivity contribution in [1.82, 2.24) is 15.2 Å². The van der Waals surface area contributed by atoms with Crippen LogP contribution in [0.3, 0.4) is 0 Å². The lowest BCUT2D eigenvalue weighted by molar-refractivity contribution is 0.0655. The molecule has 0 saturated carbocycles. The molecular formula is C16H24N4O. The second-order valence-electron chi connectivity index (χ2n) is 6.29. The van der Waals surface area contributed by atoms with E-state index in [2.05, 4.69) is 29.0 Å². The Hall–Kier alpha value is -1.62. The number of amides is 1. The minimum atomic E-state index is 0.125. The lowest BCUT2D eigenvalue weighted by Crippen LogP contribution is -2.52. The number of carbonyl (C=O) groups excluding carboxylic acids is 1. The molecule has 0 bridgehead atoms. The third-order valence-corrected chi connectivity index (χ3v) is 4.50. The molecule has 5 heteroatoms. The van der Waals surface area contributed by atoms with Crippen molar-refractivity contribution in [1.29, 1.82) is 0 Å². The van der Waals surface area contributed by atoms with Crippen LogP contribution in [-0.2, 0) is 0 Å². The summed E-state index contributed by atoms with van der Waals surface area (Å²) in [5, 5.41) is 3.32. The van der Waals surface area contributed by atoms with Crippen LogP contribution in [0.4, 0.5) is 5.82 Å². The Bertz CT molecular complexity index is 519. The SMILES string of the molecule is CC1CCN(c2cc(C(=O)N3CCNC[C@H]3C)ccn2)C1. The number of rotatable bonds is 2. The van der Waals surface area contributed by atoms with Gasteiger partial charge in [0, 0.05) is 50.5 Å². The number of hydrogen-bond acceptors (Lipinski definition) is 4. The molecule has 0 spiro atoms. The van der Waals surface area contributed by atoms with Crippen molar-refractivity contribution in [3.63, 3.8) is 0 Å².